The minimum Gasteiger partial charge on any atom is -0.490 e. The second kappa shape index (κ2) is 8.67. The minimum atomic E-state index is -0.259. The molecule has 0 aliphatic carbocycles. The third-order valence-corrected chi connectivity index (χ3v) is 6.59. The van der Waals surface area contributed by atoms with Crippen LogP contribution in [-0.2, 0) is 6.54 Å². The molecule has 2 aromatic carbocycles. The van der Waals surface area contributed by atoms with Crippen LogP contribution in [0, 0.1) is 13.8 Å². The fourth-order valence-electron chi connectivity index (χ4n) is 3.73. The monoisotopic (exact) mass is 457 g/mol. The Morgan fingerprint density at radius 3 is 2.76 bits per heavy atom. The first-order valence-electron chi connectivity index (χ1n) is 10.8. The zero-order valence-electron chi connectivity index (χ0n) is 18.7. The van der Waals surface area contributed by atoms with Gasteiger partial charge >= 0.3 is 0 Å². The number of hydrogen-bond acceptors (Lipinski definition) is 6. The van der Waals surface area contributed by atoms with Crippen LogP contribution in [0.25, 0.3) is 21.2 Å². The van der Waals surface area contributed by atoms with Crippen LogP contribution >= 0.6 is 11.3 Å². The lowest BCUT2D eigenvalue weighted by molar-refractivity contribution is 0.0960. The van der Waals surface area contributed by atoms with Gasteiger partial charge in [-0.25, -0.2) is 4.98 Å². The molecule has 0 bridgehead atoms. The number of ether oxygens (including phenoxy) is 1. The predicted octanol–water partition coefficient (Wildman–Crippen LogP) is 6.30. The summed E-state index contributed by atoms with van der Waals surface area (Å²) in [6, 6.07) is 15.4. The van der Waals surface area contributed by atoms with E-state index in [9.17, 15) is 4.79 Å². The quantitative estimate of drug-likeness (QED) is 0.299. The maximum atomic E-state index is 13.7. The number of rotatable bonds is 6. The summed E-state index contributed by atoms with van der Waals surface area (Å²) in [5.74, 6) is 0.608. The number of nitrogens with zero attached hydrogens (tertiary/aromatic N) is 3. The Kier molecular flexibility index (Phi) is 5.56. The number of benzene rings is 2. The van der Waals surface area contributed by atoms with Crippen molar-refractivity contribution in [3.8, 4) is 5.75 Å². The van der Waals surface area contributed by atoms with Crippen molar-refractivity contribution >= 4 is 43.6 Å². The van der Waals surface area contributed by atoms with Crippen LogP contribution in [0.2, 0.25) is 0 Å². The fourth-order valence-corrected chi connectivity index (χ4v) is 4.77. The zero-order chi connectivity index (χ0) is 22.9. The van der Waals surface area contributed by atoms with Crippen LogP contribution in [0.4, 0.5) is 5.13 Å². The molecule has 0 fully saturated rings. The average Bonchev–Trinajstić information content (AvgIpc) is 3.43. The Morgan fingerprint density at radius 1 is 1.12 bits per heavy atom. The molecular formula is C26H23N3O3S. The lowest BCUT2D eigenvalue weighted by Gasteiger charge is -2.18. The highest BCUT2D eigenvalue weighted by atomic mass is 32.1. The number of hydrogen-bond donors (Lipinski definition) is 0. The smallest absolute Gasteiger partial charge is 0.296 e. The number of thiazole rings is 1. The van der Waals surface area contributed by atoms with Crippen molar-refractivity contribution in [3.63, 3.8) is 0 Å². The van der Waals surface area contributed by atoms with Gasteiger partial charge in [-0.2, -0.15) is 0 Å². The molecule has 6 nitrogen and oxygen atoms in total. The molecule has 1 amide bonds. The third-order valence-electron chi connectivity index (χ3n) is 5.55. The maximum Gasteiger partial charge on any atom is 0.296 e. The van der Waals surface area contributed by atoms with Gasteiger partial charge in [0.15, 0.2) is 22.2 Å². The van der Waals surface area contributed by atoms with Gasteiger partial charge in [-0.3, -0.25) is 14.7 Å². The summed E-state index contributed by atoms with van der Waals surface area (Å²) in [4.78, 5) is 24.4. The Balaban J connectivity index is 1.59. The number of aryl methyl sites for hydroxylation is 2. The van der Waals surface area contributed by atoms with Crippen LogP contribution < -0.4 is 9.64 Å². The van der Waals surface area contributed by atoms with Crippen molar-refractivity contribution in [2.45, 2.75) is 27.3 Å². The molecular weight excluding hydrogens is 434 g/mol. The van der Waals surface area contributed by atoms with E-state index in [4.69, 9.17) is 14.1 Å². The number of fused-ring (bicyclic) bond motifs is 2. The molecule has 3 heterocycles. The zero-order valence-corrected chi connectivity index (χ0v) is 19.5. The number of pyridine rings is 1. The molecule has 5 aromatic rings. The normalized spacial score (nSPS) is 11.2. The number of amides is 1. The van der Waals surface area contributed by atoms with E-state index in [0.717, 1.165) is 21.2 Å². The summed E-state index contributed by atoms with van der Waals surface area (Å²) in [5, 5.41) is 1.44. The van der Waals surface area contributed by atoms with E-state index in [-0.39, 0.29) is 11.7 Å². The summed E-state index contributed by atoms with van der Waals surface area (Å²) in [5.41, 5.74) is 4.72. The molecule has 0 spiro atoms. The molecule has 33 heavy (non-hydrogen) atoms. The maximum absolute atomic E-state index is 13.7. The van der Waals surface area contributed by atoms with E-state index in [1.807, 2.05) is 37.3 Å². The third kappa shape index (κ3) is 4.07. The Labute approximate surface area is 195 Å². The Bertz CT molecular complexity index is 1420. The van der Waals surface area contributed by atoms with E-state index in [2.05, 4.69) is 31.0 Å². The van der Waals surface area contributed by atoms with Crippen molar-refractivity contribution in [2.24, 2.45) is 0 Å². The molecule has 166 valence electrons. The van der Waals surface area contributed by atoms with Crippen LogP contribution in [0.15, 0.2) is 65.3 Å². The number of furan rings is 1. The van der Waals surface area contributed by atoms with Gasteiger partial charge in [0.25, 0.3) is 5.91 Å². The van der Waals surface area contributed by atoms with Crippen LogP contribution in [0.5, 0.6) is 5.75 Å². The molecule has 7 heteroatoms. The Morgan fingerprint density at radius 2 is 1.97 bits per heavy atom. The standard InChI is InChI=1S/C26H23N3O3S/c1-4-31-21-9-5-8-19-13-22(32-24(19)21)25(30)29(15-18-7-6-10-27-14-18)26-28-20-11-16(2)17(3)12-23(20)33-26/h5-14H,4,15H2,1-3H3. The summed E-state index contributed by atoms with van der Waals surface area (Å²) in [7, 11) is 0. The van der Waals surface area contributed by atoms with Crippen LogP contribution in [-0.4, -0.2) is 22.5 Å². The lowest BCUT2D eigenvalue weighted by atomic mass is 10.1. The molecule has 0 unspecified atom stereocenters. The van der Waals surface area contributed by atoms with E-state index in [1.54, 1.807) is 23.4 Å². The van der Waals surface area contributed by atoms with Crippen molar-refractivity contribution in [2.75, 3.05) is 11.5 Å². The average molecular weight is 458 g/mol. The first-order chi connectivity index (χ1) is 16.0. The first kappa shape index (κ1) is 21.2. The molecule has 0 saturated carbocycles. The number of carbonyl (C=O) groups is 1. The topological polar surface area (TPSA) is 68.5 Å². The molecule has 0 saturated heterocycles. The van der Waals surface area contributed by atoms with Crippen LogP contribution in [0.1, 0.15) is 34.2 Å². The van der Waals surface area contributed by atoms with Crippen molar-refractivity contribution < 1.29 is 13.9 Å². The van der Waals surface area contributed by atoms with Gasteiger partial charge in [0.05, 0.1) is 23.4 Å². The SMILES string of the molecule is CCOc1cccc2cc(C(=O)N(Cc3cccnc3)c3nc4cc(C)c(C)cc4s3)oc12. The molecule has 0 aliphatic heterocycles. The van der Waals surface area contributed by atoms with Gasteiger partial charge < -0.3 is 9.15 Å². The highest BCUT2D eigenvalue weighted by molar-refractivity contribution is 7.22. The van der Waals surface area contributed by atoms with Crippen molar-refractivity contribution in [3.05, 3.63) is 83.4 Å². The second-order valence-corrected chi connectivity index (χ2v) is 8.88. The summed E-state index contributed by atoms with van der Waals surface area (Å²) >= 11 is 1.50. The van der Waals surface area contributed by atoms with E-state index >= 15 is 0 Å². The number of para-hydroxylation sites is 1. The number of anilines is 1. The van der Waals surface area contributed by atoms with Crippen LogP contribution in [0.3, 0.4) is 0 Å². The molecule has 0 aliphatic rings. The Hall–Kier alpha value is -3.71. The van der Waals surface area contributed by atoms with Gasteiger partial charge in [-0.05, 0) is 67.8 Å². The van der Waals surface area contributed by atoms with Gasteiger partial charge in [-0.1, -0.05) is 29.5 Å². The van der Waals surface area contributed by atoms with Gasteiger partial charge in [0.1, 0.15) is 0 Å². The summed E-state index contributed by atoms with van der Waals surface area (Å²) in [6.07, 6.45) is 3.47. The van der Waals surface area contributed by atoms with E-state index in [1.165, 1.54) is 22.5 Å². The molecule has 5 rings (SSSR count). The first-order valence-corrected chi connectivity index (χ1v) is 11.6. The largest absolute Gasteiger partial charge is 0.490 e. The highest BCUT2D eigenvalue weighted by Gasteiger charge is 2.25. The predicted molar refractivity (Wildman–Crippen MR) is 131 cm³/mol. The van der Waals surface area contributed by atoms with Crippen molar-refractivity contribution in [1.82, 2.24) is 9.97 Å². The van der Waals surface area contributed by atoms with E-state index < -0.39 is 0 Å². The lowest BCUT2D eigenvalue weighted by Crippen LogP contribution is -2.30. The van der Waals surface area contributed by atoms with Gasteiger partial charge in [0, 0.05) is 17.8 Å². The van der Waals surface area contributed by atoms with Crippen molar-refractivity contribution in [1.29, 1.82) is 0 Å². The summed E-state index contributed by atoms with van der Waals surface area (Å²) < 4.78 is 12.7. The minimum absolute atomic E-state index is 0.243. The molecule has 0 N–H and O–H groups in total. The second-order valence-electron chi connectivity index (χ2n) is 7.87. The number of aromatic nitrogens is 2. The molecule has 0 atom stereocenters. The fraction of sp³-hybridized carbons (Fsp3) is 0.192. The van der Waals surface area contributed by atoms with Gasteiger partial charge in [0.2, 0.25) is 0 Å². The molecule has 3 aromatic heterocycles. The molecule has 0 radical (unpaired) electrons. The summed E-state index contributed by atoms with van der Waals surface area (Å²) in [6.45, 7) is 6.91. The van der Waals surface area contributed by atoms with E-state index in [0.29, 0.717) is 29.6 Å². The number of carbonyl (C=O) groups excluding carboxylic acids is 1. The van der Waals surface area contributed by atoms with Gasteiger partial charge in [-0.15, -0.1) is 0 Å². The highest BCUT2D eigenvalue weighted by Crippen LogP contribution is 2.34.